The zero-order valence-corrected chi connectivity index (χ0v) is 10.8. The van der Waals surface area contributed by atoms with E-state index in [0.29, 0.717) is 11.6 Å². The van der Waals surface area contributed by atoms with E-state index in [1.807, 2.05) is 19.1 Å². The van der Waals surface area contributed by atoms with Crippen molar-refractivity contribution < 1.29 is 0 Å². The monoisotopic (exact) mass is 229 g/mol. The Kier molecular flexibility index (Phi) is 3.33. The maximum Gasteiger partial charge on any atom is 0.130 e. The molecule has 0 aliphatic heterocycles. The summed E-state index contributed by atoms with van der Waals surface area (Å²) >= 11 is 0. The number of hydrogen-bond acceptors (Lipinski definition) is 3. The summed E-state index contributed by atoms with van der Waals surface area (Å²) in [5, 5.41) is 9.00. The molecule has 0 spiro atoms. The van der Waals surface area contributed by atoms with Gasteiger partial charge in [-0.05, 0) is 51.7 Å². The number of pyridine rings is 1. The van der Waals surface area contributed by atoms with Crippen molar-refractivity contribution in [2.75, 3.05) is 11.4 Å². The summed E-state index contributed by atoms with van der Waals surface area (Å²) in [6.45, 7) is 7.37. The summed E-state index contributed by atoms with van der Waals surface area (Å²) in [5.41, 5.74) is 1.62. The second-order valence-electron chi connectivity index (χ2n) is 5.16. The van der Waals surface area contributed by atoms with Gasteiger partial charge in [-0.3, -0.25) is 0 Å². The highest BCUT2D eigenvalue weighted by Crippen LogP contribution is 2.32. The van der Waals surface area contributed by atoms with Crippen LogP contribution in [-0.2, 0) is 0 Å². The molecule has 0 aromatic carbocycles. The van der Waals surface area contributed by atoms with E-state index in [-0.39, 0.29) is 0 Å². The first-order valence-corrected chi connectivity index (χ1v) is 6.25. The number of nitrogens with zero attached hydrogens (tertiary/aromatic N) is 3. The standard InChI is InChI=1S/C14H19N3/c1-10(2)17(9-12-4-5-12)14-7-13(8-15)6-11(3)16-14/h6-7,10,12H,4-5,9H2,1-3H3. The van der Waals surface area contributed by atoms with Crippen molar-refractivity contribution in [1.29, 1.82) is 5.26 Å². The minimum atomic E-state index is 0.427. The first-order chi connectivity index (χ1) is 8.10. The molecular formula is C14H19N3. The molecule has 17 heavy (non-hydrogen) atoms. The lowest BCUT2D eigenvalue weighted by Gasteiger charge is -2.28. The zero-order valence-electron chi connectivity index (χ0n) is 10.8. The third kappa shape index (κ3) is 2.97. The van der Waals surface area contributed by atoms with Crippen LogP contribution in [0.2, 0.25) is 0 Å². The quantitative estimate of drug-likeness (QED) is 0.797. The molecule has 1 fully saturated rings. The van der Waals surface area contributed by atoms with Crippen LogP contribution in [0.1, 0.15) is 37.9 Å². The van der Waals surface area contributed by atoms with Gasteiger partial charge in [-0.25, -0.2) is 4.98 Å². The Morgan fingerprint density at radius 3 is 2.71 bits per heavy atom. The first-order valence-electron chi connectivity index (χ1n) is 6.25. The van der Waals surface area contributed by atoms with E-state index in [1.54, 1.807) is 0 Å². The van der Waals surface area contributed by atoms with Crippen molar-refractivity contribution in [3.05, 3.63) is 23.4 Å². The third-order valence-corrected chi connectivity index (χ3v) is 3.14. The number of rotatable bonds is 4. The second kappa shape index (κ2) is 4.75. The zero-order chi connectivity index (χ0) is 12.4. The van der Waals surface area contributed by atoms with Crippen LogP contribution < -0.4 is 4.90 Å². The Bertz CT molecular complexity index is 441. The number of aromatic nitrogens is 1. The first kappa shape index (κ1) is 11.9. The summed E-state index contributed by atoms with van der Waals surface area (Å²) in [4.78, 5) is 6.87. The molecule has 90 valence electrons. The smallest absolute Gasteiger partial charge is 0.130 e. The molecule has 1 aliphatic rings. The van der Waals surface area contributed by atoms with Crippen molar-refractivity contribution in [2.24, 2.45) is 5.92 Å². The SMILES string of the molecule is Cc1cc(C#N)cc(N(CC2CC2)C(C)C)n1. The largest absolute Gasteiger partial charge is 0.354 e. The normalized spacial score (nSPS) is 14.8. The molecule has 3 heteroatoms. The molecule has 0 atom stereocenters. The van der Waals surface area contributed by atoms with Crippen LogP contribution in [0.4, 0.5) is 5.82 Å². The Labute approximate surface area is 103 Å². The van der Waals surface area contributed by atoms with E-state index in [9.17, 15) is 0 Å². The van der Waals surface area contributed by atoms with Crippen molar-refractivity contribution in [3.8, 4) is 6.07 Å². The van der Waals surface area contributed by atoms with E-state index in [4.69, 9.17) is 5.26 Å². The van der Waals surface area contributed by atoms with Crippen molar-refractivity contribution in [2.45, 2.75) is 39.7 Å². The van der Waals surface area contributed by atoms with Gasteiger partial charge in [-0.15, -0.1) is 0 Å². The van der Waals surface area contributed by atoms with E-state index in [0.717, 1.165) is 24.0 Å². The summed E-state index contributed by atoms with van der Waals surface area (Å²) in [7, 11) is 0. The van der Waals surface area contributed by atoms with Gasteiger partial charge >= 0.3 is 0 Å². The maximum atomic E-state index is 9.00. The summed E-state index contributed by atoms with van der Waals surface area (Å²) in [6.07, 6.45) is 2.67. The predicted octanol–water partition coefficient (Wildman–Crippen LogP) is 2.89. The molecule has 1 aromatic rings. The number of anilines is 1. The summed E-state index contributed by atoms with van der Waals surface area (Å²) < 4.78 is 0. The van der Waals surface area contributed by atoms with Gasteiger partial charge in [-0.1, -0.05) is 0 Å². The number of aryl methyl sites for hydroxylation is 1. The lowest BCUT2D eigenvalue weighted by Crippen LogP contribution is -2.33. The Hall–Kier alpha value is -1.56. The van der Waals surface area contributed by atoms with Crippen molar-refractivity contribution in [1.82, 2.24) is 4.98 Å². The van der Waals surface area contributed by atoms with Gasteiger partial charge in [0.1, 0.15) is 5.82 Å². The summed E-state index contributed by atoms with van der Waals surface area (Å²) in [6, 6.07) is 6.36. The van der Waals surface area contributed by atoms with Gasteiger partial charge < -0.3 is 4.90 Å². The summed E-state index contributed by atoms with van der Waals surface area (Å²) in [5.74, 6) is 1.77. The van der Waals surface area contributed by atoms with Crippen LogP contribution in [0, 0.1) is 24.2 Å². The Morgan fingerprint density at radius 2 is 2.18 bits per heavy atom. The van der Waals surface area contributed by atoms with Gasteiger partial charge in [0.2, 0.25) is 0 Å². The number of hydrogen-bond donors (Lipinski definition) is 0. The van der Waals surface area contributed by atoms with E-state index in [2.05, 4.69) is 29.8 Å². The molecule has 0 N–H and O–H groups in total. The average molecular weight is 229 g/mol. The Balaban J connectivity index is 2.27. The maximum absolute atomic E-state index is 9.00. The molecule has 1 aliphatic carbocycles. The minimum absolute atomic E-state index is 0.427. The Morgan fingerprint density at radius 1 is 1.47 bits per heavy atom. The number of nitriles is 1. The average Bonchev–Trinajstić information content (AvgIpc) is 3.08. The lowest BCUT2D eigenvalue weighted by atomic mass is 10.2. The molecule has 2 rings (SSSR count). The van der Waals surface area contributed by atoms with Crippen molar-refractivity contribution >= 4 is 5.82 Å². The van der Waals surface area contributed by atoms with Crippen LogP contribution in [-0.4, -0.2) is 17.6 Å². The van der Waals surface area contributed by atoms with Gasteiger partial charge in [0, 0.05) is 18.3 Å². The molecule has 3 nitrogen and oxygen atoms in total. The predicted molar refractivity (Wildman–Crippen MR) is 68.9 cm³/mol. The van der Waals surface area contributed by atoms with Crippen LogP contribution in [0.3, 0.4) is 0 Å². The topological polar surface area (TPSA) is 39.9 Å². The molecule has 0 bridgehead atoms. The third-order valence-electron chi connectivity index (χ3n) is 3.14. The van der Waals surface area contributed by atoms with E-state index in [1.165, 1.54) is 12.8 Å². The second-order valence-corrected chi connectivity index (χ2v) is 5.16. The molecule has 0 amide bonds. The van der Waals surface area contributed by atoms with E-state index >= 15 is 0 Å². The fraction of sp³-hybridized carbons (Fsp3) is 0.571. The van der Waals surface area contributed by atoms with Crippen LogP contribution in [0.15, 0.2) is 12.1 Å². The molecule has 0 unspecified atom stereocenters. The molecule has 0 saturated heterocycles. The van der Waals surface area contributed by atoms with Gasteiger partial charge in [0.05, 0.1) is 11.6 Å². The fourth-order valence-electron chi connectivity index (χ4n) is 2.01. The molecule has 1 aromatic heterocycles. The highest BCUT2D eigenvalue weighted by molar-refractivity contribution is 5.47. The van der Waals surface area contributed by atoms with Crippen molar-refractivity contribution in [3.63, 3.8) is 0 Å². The minimum Gasteiger partial charge on any atom is -0.354 e. The molecule has 1 saturated carbocycles. The fourth-order valence-corrected chi connectivity index (χ4v) is 2.01. The van der Waals surface area contributed by atoms with Crippen LogP contribution >= 0.6 is 0 Å². The highest BCUT2D eigenvalue weighted by Gasteiger charge is 2.26. The molecule has 0 radical (unpaired) electrons. The van der Waals surface area contributed by atoms with Gasteiger partial charge in [-0.2, -0.15) is 5.26 Å². The van der Waals surface area contributed by atoms with E-state index < -0.39 is 0 Å². The van der Waals surface area contributed by atoms with Gasteiger partial charge in [0.15, 0.2) is 0 Å². The van der Waals surface area contributed by atoms with Crippen LogP contribution in [0.5, 0.6) is 0 Å². The van der Waals surface area contributed by atoms with Crippen LogP contribution in [0.25, 0.3) is 0 Å². The lowest BCUT2D eigenvalue weighted by molar-refractivity contribution is 0.636. The molecular weight excluding hydrogens is 210 g/mol. The molecule has 1 heterocycles. The van der Waals surface area contributed by atoms with Gasteiger partial charge in [0.25, 0.3) is 0 Å². The highest BCUT2D eigenvalue weighted by atomic mass is 15.2.